The molecule has 6 heteroatoms. The number of halogens is 2. The van der Waals surface area contributed by atoms with Crippen molar-refractivity contribution in [2.45, 2.75) is 0 Å². The van der Waals surface area contributed by atoms with Gasteiger partial charge < -0.3 is 16.0 Å². The zero-order chi connectivity index (χ0) is 15.6. The van der Waals surface area contributed by atoms with Gasteiger partial charge in [-0.3, -0.25) is 4.79 Å². The smallest absolute Gasteiger partial charge is 0.256 e. The average Bonchev–Trinajstić information content (AvgIpc) is 2.43. The Morgan fingerprint density at radius 1 is 1.29 bits per heavy atom. The Morgan fingerprint density at radius 2 is 1.95 bits per heavy atom. The SMILES string of the molecule is CN(C)c1ccccc1NC(=O)c1cc(N)c(F)cc1Br. The highest BCUT2D eigenvalue weighted by Crippen LogP contribution is 2.27. The van der Waals surface area contributed by atoms with Gasteiger partial charge in [0.2, 0.25) is 0 Å². The molecule has 21 heavy (non-hydrogen) atoms. The number of amides is 1. The lowest BCUT2D eigenvalue weighted by Crippen LogP contribution is -2.17. The summed E-state index contributed by atoms with van der Waals surface area (Å²) < 4.78 is 13.7. The minimum atomic E-state index is -0.563. The summed E-state index contributed by atoms with van der Waals surface area (Å²) in [7, 11) is 3.77. The predicted octanol–water partition coefficient (Wildman–Crippen LogP) is 3.49. The summed E-state index contributed by atoms with van der Waals surface area (Å²) in [6.45, 7) is 0. The lowest BCUT2D eigenvalue weighted by Gasteiger charge is -2.18. The molecule has 0 heterocycles. The lowest BCUT2D eigenvalue weighted by atomic mass is 10.1. The number of hydrogen-bond donors (Lipinski definition) is 2. The monoisotopic (exact) mass is 351 g/mol. The molecule has 0 saturated carbocycles. The number of nitrogen functional groups attached to an aromatic ring is 1. The zero-order valence-corrected chi connectivity index (χ0v) is 13.2. The molecule has 0 fully saturated rings. The van der Waals surface area contributed by atoms with Crippen molar-refractivity contribution in [2.75, 3.05) is 30.0 Å². The normalized spacial score (nSPS) is 10.3. The molecule has 0 radical (unpaired) electrons. The molecule has 2 rings (SSSR count). The Balaban J connectivity index is 2.33. The Labute approximate surface area is 130 Å². The summed E-state index contributed by atoms with van der Waals surface area (Å²) in [4.78, 5) is 14.2. The maximum absolute atomic E-state index is 13.3. The van der Waals surface area contributed by atoms with Gasteiger partial charge in [0.15, 0.2) is 0 Å². The fraction of sp³-hybridized carbons (Fsp3) is 0.133. The van der Waals surface area contributed by atoms with Gasteiger partial charge in [-0.25, -0.2) is 4.39 Å². The number of para-hydroxylation sites is 2. The molecule has 0 aliphatic carbocycles. The highest BCUT2D eigenvalue weighted by molar-refractivity contribution is 9.10. The van der Waals surface area contributed by atoms with Crippen LogP contribution >= 0.6 is 15.9 Å². The van der Waals surface area contributed by atoms with Crippen molar-refractivity contribution in [1.82, 2.24) is 0 Å². The van der Waals surface area contributed by atoms with Crippen molar-refractivity contribution < 1.29 is 9.18 Å². The van der Waals surface area contributed by atoms with Crippen molar-refractivity contribution in [2.24, 2.45) is 0 Å². The molecule has 0 spiro atoms. The second kappa shape index (κ2) is 6.13. The summed E-state index contributed by atoms with van der Waals surface area (Å²) in [5.74, 6) is -0.921. The number of nitrogens with one attached hydrogen (secondary N) is 1. The van der Waals surface area contributed by atoms with Gasteiger partial charge in [-0.1, -0.05) is 12.1 Å². The van der Waals surface area contributed by atoms with E-state index in [4.69, 9.17) is 5.73 Å². The Hall–Kier alpha value is -2.08. The van der Waals surface area contributed by atoms with Gasteiger partial charge in [0, 0.05) is 18.6 Å². The molecule has 0 aliphatic heterocycles. The van der Waals surface area contributed by atoms with Crippen LogP contribution in [0.1, 0.15) is 10.4 Å². The van der Waals surface area contributed by atoms with Gasteiger partial charge in [0.1, 0.15) is 5.82 Å². The van der Waals surface area contributed by atoms with E-state index in [1.807, 2.05) is 37.2 Å². The first kappa shape index (κ1) is 15.3. The molecule has 4 nitrogen and oxygen atoms in total. The Bertz CT molecular complexity index is 689. The summed E-state index contributed by atoms with van der Waals surface area (Å²) in [6.07, 6.45) is 0. The maximum Gasteiger partial charge on any atom is 0.256 e. The molecule has 2 aromatic carbocycles. The van der Waals surface area contributed by atoms with E-state index in [0.717, 1.165) is 5.69 Å². The third-order valence-electron chi connectivity index (χ3n) is 2.97. The first-order chi connectivity index (χ1) is 9.90. The van der Waals surface area contributed by atoms with Crippen LogP contribution in [-0.4, -0.2) is 20.0 Å². The summed E-state index contributed by atoms with van der Waals surface area (Å²) in [5, 5.41) is 2.81. The molecular formula is C15H15BrFN3O. The Morgan fingerprint density at radius 3 is 2.62 bits per heavy atom. The standard InChI is InChI=1S/C15H15BrFN3O/c1-20(2)14-6-4-3-5-13(14)19-15(21)9-7-12(18)11(17)8-10(9)16/h3-8H,18H2,1-2H3,(H,19,21). The summed E-state index contributed by atoms with van der Waals surface area (Å²) in [6, 6.07) is 9.90. The number of nitrogens with zero attached hydrogens (tertiary/aromatic N) is 1. The molecule has 0 atom stereocenters. The quantitative estimate of drug-likeness (QED) is 0.832. The molecule has 1 amide bonds. The number of carbonyl (C=O) groups is 1. The summed E-state index contributed by atoms with van der Waals surface area (Å²) in [5.41, 5.74) is 7.27. The fourth-order valence-electron chi connectivity index (χ4n) is 1.90. The van der Waals surface area contributed by atoms with Crippen LogP contribution in [0.25, 0.3) is 0 Å². The van der Waals surface area contributed by atoms with E-state index < -0.39 is 5.82 Å². The van der Waals surface area contributed by atoms with Crippen LogP contribution in [0.4, 0.5) is 21.5 Å². The second-order valence-corrected chi connectivity index (χ2v) is 5.57. The van der Waals surface area contributed by atoms with Crippen molar-refractivity contribution in [3.8, 4) is 0 Å². The molecule has 110 valence electrons. The molecule has 0 aliphatic rings. The van der Waals surface area contributed by atoms with Crippen LogP contribution < -0.4 is 16.0 Å². The number of carbonyl (C=O) groups excluding carboxylic acids is 1. The van der Waals surface area contributed by atoms with E-state index >= 15 is 0 Å². The number of benzene rings is 2. The lowest BCUT2D eigenvalue weighted by molar-refractivity contribution is 0.102. The van der Waals surface area contributed by atoms with E-state index in [-0.39, 0.29) is 17.2 Å². The second-order valence-electron chi connectivity index (χ2n) is 4.72. The highest BCUT2D eigenvalue weighted by atomic mass is 79.9. The van der Waals surface area contributed by atoms with Crippen LogP contribution in [0.2, 0.25) is 0 Å². The zero-order valence-electron chi connectivity index (χ0n) is 11.7. The minimum Gasteiger partial charge on any atom is -0.396 e. The molecule has 0 aromatic heterocycles. The summed E-state index contributed by atoms with van der Waals surface area (Å²) >= 11 is 3.18. The van der Waals surface area contributed by atoms with Crippen molar-refractivity contribution in [1.29, 1.82) is 0 Å². The third-order valence-corrected chi connectivity index (χ3v) is 3.62. The first-order valence-corrected chi connectivity index (χ1v) is 7.01. The topological polar surface area (TPSA) is 58.4 Å². The molecule has 0 bridgehead atoms. The van der Waals surface area contributed by atoms with Gasteiger partial charge in [-0.2, -0.15) is 0 Å². The predicted molar refractivity (Wildman–Crippen MR) is 87.2 cm³/mol. The average molecular weight is 352 g/mol. The first-order valence-electron chi connectivity index (χ1n) is 6.22. The van der Waals surface area contributed by atoms with Gasteiger partial charge in [-0.15, -0.1) is 0 Å². The van der Waals surface area contributed by atoms with E-state index in [0.29, 0.717) is 10.2 Å². The van der Waals surface area contributed by atoms with Gasteiger partial charge in [-0.05, 0) is 40.2 Å². The molecule has 0 saturated heterocycles. The van der Waals surface area contributed by atoms with E-state index in [2.05, 4.69) is 21.2 Å². The van der Waals surface area contributed by atoms with Crippen LogP contribution in [0.5, 0.6) is 0 Å². The number of rotatable bonds is 3. The number of nitrogens with two attached hydrogens (primary N) is 1. The van der Waals surface area contributed by atoms with Crippen molar-refractivity contribution in [3.63, 3.8) is 0 Å². The van der Waals surface area contributed by atoms with Crippen molar-refractivity contribution in [3.05, 3.63) is 52.3 Å². The molecular weight excluding hydrogens is 337 g/mol. The third kappa shape index (κ3) is 3.33. The van der Waals surface area contributed by atoms with Crippen LogP contribution in [0.15, 0.2) is 40.9 Å². The maximum atomic E-state index is 13.3. The number of hydrogen-bond acceptors (Lipinski definition) is 3. The van der Waals surface area contributed by atoms with Crippen molar-refractivity contribution >= 4 is 38.9 Å². The van der Waals surface area contributed by atoms with Gasteiger partial charge in [0.05, 0.1) is 22.6 Å². The largest absolute Gasteiger partial charge is 0.396 e. The van der Waals surface area contributed by atoms with Gasteiger partial charge in [0.25, 0.3) is 5.91 Å². The van der Waals surface area contributed by atoms with Gasteiger partial charge >= 0.3 is 0 Å². The highest BCUT2D eigenvalue weighted by Gasteiger charge is 2.15. The van der Waals surface area contributed by atoms with Crippen LogP contribution in [-0.2, 0) is 0 Å². The van der Waals surface area contributed by atoms with E-state index in [1.165, 1.54) is 12.1 Å². The number of anilines is 3. The van der Waals surface area contributed by atoms with Crippen LogP contribution in [0, 0.1) is 5.82 Å². The van der Waals surface area contributed by atoms with Crippen LogP contribution in [0.3, 0.4) is 0 Å². The minimum absolute atomic E-state index is 0.0655. The fourth-order valence-corrected chi connectivity index (χ4v) is 2.39. The molecule has 3 N–H and O–H groups in total. The Kier molecular flexibility index (Phi) is 4.47. The van der Waals surface area contributed by atoms with E-state index in [1.54, 1.807) is 6.07 Å². The molecule has 0 unspecified atom stereocenters. The van der Waals surface area contributed by atoms with E-state index in [9.17, 15) is 9.18 Å². The molecule has 2 aromatic rings.